The van der Waals surface area contributed by atoms with Crippen molar-refractivity contribution in [2.45, 2.75) is 31.3 Å². The summed E-state index contributed by atoms with van der Waals surface area (Å²) in [6.07, 6.45) is 5.96. The Morgan fingerprint density at radius 2 is 2.14 bits per heavy atom. The number of carboxylic acids is 1. The molecule has 112 valence electrons. The van der Waals surface area contributed by atoms with E-state index in [4.69, 9.17) is 5.11 Å². The van der Waals surface area contributed by atoms with E-state index in [2.05, 4.69) is 20.5 Å². The third-order valence-electron chi connectivity index (χ3n) is 4.17. The molecule has 2 aliphatic heterocycles. The van der Waals surface area contributed by atoms with Crippen LogP contribution in [0.5, 0.6) is 0 Å². The Morgan fingerprint density at radius 1 is 1.29 bits per heavy atom. The highest BCUT2D eigenvalue weighted by Crippen LogP contribution is 2.27. The number of hydrogen-bond acceptors (Lipinski definition) is 4. The molecule has 0 radical (unpaired) electrons. The van der Waals surface area contributed by atoms with Gasteiger partial charge in [-0.1, -0.05) is 0 Å². The Morgan fingerprint density at radius 3 is 2.95 bits per heavy atom. The minimum absolute atomic E-state index is 0.0515. The van der Waals surface area contributed by atoms with Crippen molar-refractivity contribution in [2.24, 2.45) is 0 Å². The number of carbonyl (C=O) groups is 2. The van der Waals surface area contributed by atoms with Crippen LogP contribution in [0.2, 0.25) is 0 Å². The smallest absolute Gasteiger partial charge is 0.337 e. The normalized spacial score (nSPS) is 24.6. The maximum atomic E-state index is 12.0. The quantitative estimate of drug-likeness (QED) is 0.776. The number of aromatic carboxylic acids is 1. The molecule has 0 aliphatic carbocycles. The van der Waals surface area contributed by atoms with Gasteiger partial charge in [-0.3, -0.25) is 9.88 Å². The molecule has 21 heavy (non-hydrogen) atoms. The van der Waals surface area contributed by atoms with Crippen molar-refractivity contribution in [3.63, 3.8) is 0 Å². The number of aromatic nitrogens is 1. The van der Waals surface area contributed by atoms with Crippen LogP contribution < -0.4 is 10.6 Å². The van der Waals surface area contributed by atoms with Crippen molar-refractivity contribution in [3.05, 3.63) is 24.0 Å². The first kappa shape index (κ1) is 13.8. The van der Waals surface area contributed by atoms with Crippen molar-refractivity contribution >= 4 is 17.7 Å². The van der Waals surface area contributed by atoms with Gasteiger partial charge in [-0.25, -0.2) is 9.59 Å². The van der Waals surface area contributed by atoms with Gasteiger partial charge in [0.15, 0.2) is 0 Å². The summed E-state index contributed by atoms with van der Waals surface area (Å²) >= 11 is 0. The minimum atomic E-state index is -1.07. The predicted octanol–water partition coefficient (Wildman–Crippen LogP) is 1.14. The topological polar surface area (TPSA) is 94.6 Å². The molecular formula is C14H18N4O3. The molecule has 3 heterocycles. The van der Waals surface area contributed by atoms with Crippen LogP contribution in [0.1, 0.15) is 29.6 Å². The van der Waals surface area contributed by atoms with Crippen LogP contribution in [0.15, 0.2) is 18.5 Å². The van der Waals surface area contributed by atoms with E-state index in [1.807, 2.05) is 0 Å². The molecule has 0 saturated carbocycles. The Bertz CT molecular complexity index is 563. The lowest BCUT2D eigenvalue weighted by atomic mass is 10.1. The van der Waals surface area contributed by atoms with E-state index in [-0.39, 0.29) is 17.6 Å². The van der Waals surface area contributed by atoms with Crippen molar-refractivity contribution in [2.75, 3.05) is 18.4 Å². The zero-order valence-corrected chi connectivity index (χ0v) is 11.6. The molecule has 7 heteroatoms. The number of pyridine rings is 1. The van der Waals surface area contributed by atoms with Crippen LogP contribution in [0, 0.1) is 0 Å². The molecule has 2 amide bonds. The van der Waals surface area contributed by atoms with Gasteiger partial charge in [-0.2, -0.15) is 0 Å². The van der Waals surface area contributed by atoms with Crippen LogP contribution in [0.4, 0.5) is 10.5 Å². The summed E-state index contributed by atoms with van der Waals surface area (Å²) in [5.41, 5.74) is 0.435. The molecule has 2 fully saturated rings. The first-order valence-corrected chi connectivity index (χ1v) is 7.13. The lowest BCUT2D eigenvalue weighted by Crippen LogP contribution is -2.44. The zero-order valence-electron chi connectivity index (χ0n) is 11.6. The molecule has 0 aromatic carbocycles. The van der Waals surface area contributed by atoms with Gasteiger partial charge in [-0.05, 0) is 31.9 Å². The first-order valence-electron chi connectivity index (χ1n) is 7.13. The van der Waals surface area contributed by atoms with Crippen LogP contribution in [-0.2, 0) is 0 Å². The van der Waals surface area contributed by atoms with Gasteiger partial charge < -0.3 is 15.7 Å². The average molecular weight is 290 g/mol. The van der Waals surface area contributed by atoms with Gasteiger partial charge in [0.2, 0.25) is 0 Å². The van der Waals surface area contributed by atoms with E-state index in [1.165, 1.54) is 24.9 Å². The monoisotopic (exact) mass is 290 g/mol. The van der Waals surface area contributed by atoms with Gasteiger partial charge in [0.1, 0.15) is 0 Å². The van der Waals surface area contributed by atoms with Gasteiger partial charge in [0.05, 0.1) is 17.4 Å². The standard InChI is InChI=1S/C14H18N4O3/c19-13(20)9-6-10(8-15-7-9)16-14(21)17-11-3-5-18-4-1-2-12(11)18/h6-8,11-12H,1-5H2,(H,19,20)(H2,16,17,21). The summed E-state index contributed by atoms with van der Waals surface area (Å²) < 4.78 is 0. The predicted molar refractivity (Wildman–Crippen MR) is 76.4 cm³/mol. The average Bonchev–Trinajstić information content (AvgIpc) is 3.04. The number of amides is 2. The molecule has 2 unspecified atom stereocenters. The number of carboxylic acid groups (broad SMARTS) is 1. The SMILES string of the molecule is O=C(Nc1cncc(C(=O)O)c1)NC1CCN2CCCC12. The van der Waals surface area contributed by atoms with E-state index in [0.29, 0.717) is 11.7 Å². The first-order chi connectivity index (χ1) is 10.1. The van der Waals surface area contributed by atoms with Gasteiger partial charge in [-0.15, -0.1) is 0 Å². The van der Waals surface area contributed by atoms with Gasteiger partial charge >= 0.3 is 12.0 Å². The number of nitrogens with one attached hydrogen (secondary N) is 2. The summed E-state index contributed by atoms with van der Waals surface area (Å²) in [5.74, 6) is -1.07. The summed E-state index contributed by atoms with van der Waals surface area (Å²) in [6.45, 7) is 2.15. The minimum Gasteiger partial charge on any atom is -0.478 e. The molecule has 7 nitrogen and oxygen atoms in total. The highest BCUT2D eigenvalue weighted by molar-refractivity contribution is 5.92. The Hall–Kier alpha value is -2.15. The molecule has 1 aromatic rings. The number of fused-ring (bicyclic) bond motifs is 1. The number of hydrogen-bond donors (Lipinski definition) is 3. The van der Waals surface area contributed by atoms with Crippen LogP contribution >= 0.6 is 0 Å². The molecular weight excluding hydrogens is 272 g/mol. The van der Waals surface area contributed by atoms with Crippen molar-refractivity contribution in [3.8, 4) is 0 Å². The fourth-order valence-corrected chi connectivity index (χ4v) is 3.21. The Balaban J connectivity index is 1.59. The Labute approximate surface area is 122 Å². The summed E-state index contributed by atoms with van der Waals surface area (Å²) in [4.78, 5) is 29.1. The second kappa shape index (κ2) is 5.69. The van der Waals surface area contributed by atoms with Crippen LogP contribution in [0.25, 0.3) is 0 Å². The molecule has 0 spiro atoms. The third-order valence-corrected chi connectivity index (χ3v) is 4.17. The van der Waals surface area contributed by atoms with Gasteiger partial charge in [0.25, 0.3) is 0 Å². The van der Waals surface area contributed by atoms with Crippen molar-refractivity contribution in [1.29, 1.82) is 0 Å². The molecule has 1 aromatic heterocycles. The Kier molecular flexibility index (Phi) is 3.74. The van der Waals surface area contributed by atoms with Crippen LogP contribution in [0.3, 0.4) is 0 Å². The third kappa shape index (κ3) is 2.97. The van der Waals surface area contributed by atoms with Gasteiger partial charge in [0, 0.05) is 24.8 Å². The number of anilines is 1. The number of urea groups is 1. The molecule has 2 aliphatic rings. The van der Waals surface area contributed by atoms with Crippen LogP contribution in [-0.4, -0.2) is 52.2 Å². The largest absolute Gasteiger partial charge is 0.478 e. The van der Waals surface area contributed by atoms with E-state index in [0.717, 1.165) is 25.9 Å². The second-order valence-corrected chi connectivity index (χ2v) is 5.51. The summed E-state index contributed by atoms with van der Waals surface area (Å²) in [5, 5.41) is 14.5. The van der Waals surface area contributed by atoms with E-state index >= 15 is 0 Å². The second-order valence-electron chi connectivity index (χ2n) is 5.51. The maximum absolute atomic E-state index is 12.0. The number of nitrogens with zero attached hydrogens (tertiary/aromatic N) is 2. The van der Waals surface area contributed by atoms with Crippen molar-refractivity contribution < 1.29 is 14.7 Å². The lowest BCUT2D eigenvalue weighted by molar-refractivity contribution is 0.0696. The zero-order chi connectivity index (χ0) is 14.8. The molecule has 2 atom stereocenters. The fourth-order valence-electron chi connectivity index (χ4n) is 3.21. The van der Waals surface area contributed by atoms with Crippen molar-refractivity contribution in [1.82, 2.24) is 15.2 Å². The molecule has 0 bridgehead atoms. The lowest BCUT2D eigenvalue weighted by Gasteiger charge is -2.21. The highest BCUT2D eigenvalue weighted by Gasteiger charge is 2.37. The molecule has 2 saturated heterocycles. The fraction of sp³-hybridized carbons (Fsp3) is 0.500. The summed E-state index contributed by atoms with van der Waals surface area (Å²) in [6, 6.07) is 1.70. The van der Waals surface area contributed by atoms with E-state index < -0.39 is 5.97 Å². The van der Waals surface area contributed by atoms with E-state index in [9.17, 15) is 9.59 Å². The number of rotatable bonds is 3. The maximum Gasteiger partial charge on any atom is 0.337 e. The highest BCUT2D eigenvalue weighted by atomic mass is 16.4. The van der Waals surface area contributed by atoms with E-state index in [1.54, 1.807) is 0 Å². The number of carbonyl (C=O) groups excluding carboxylic acids is 1. The summed E-state index contributed by atoms with van der Waals surface area (Å²) in [7, 11) is 0. The molecule has 3 rings (SSSR count). The molecule has 3 N–H and O–H groups in total.